The molecule has 1 aliphatic rings. The number of carbonyl (C=O) groups excluding carboxylic acids is 1. The average Bonchev–Trinajstić information content (AvgIpc) is 3.19. The Bertz CT molecular complexity index is 1020. The van der Waals surface area contributed by atoms with E-state index in [0.717, 1.165) is 41.5 Å². The molecule has 132 valence electrons. The summed E-state index contributed by atoms with van der Waals surface area (Å²) >= 11 is 3.48. The summed E-state index contributed by atoms with van der Waals surface area (Å²) in [6, 6.07) is 15.2. The maximum Gasteiger partial charge on any atom is 0.242 e. The van der Waals surface area contributed by atoms with Crippen molar-refractivity contribution in [2.75, 3.05) is 13.1 Å². The van der Waals surface area contributed by atoms with Crippen LogP contribution in [-0.4, -0.2) is 28.5 Å². The fraction of sp³-hybridized carbons (Fsp3) is 0.238. The van der Waals surface area contributed by atoms with Gasteiger partial charge in [-0.1, -0.05) is 46.3 Å². The highest BCUT2D eigenvalue weighted by Crippen LogP contribution is 2.23. The van der Waals surface area contributed by atoms with E-state index in [1.54, 1.807) is 0 Å². The Morgan fingerprint density at radius 1 is 1.04 bits per heavy atom. The second-order valence-electron chi connectivity index (χ2n) is 6.62. The van der Waals surface area contributed by atoms with Crippen LogP contribution in [0.15, 0.2) is 64.0 Å². The molecule has 1 amide bonds. The van der Waals surface area contributed by atoms with Crippen LogP contribution >= 0.6 is 15.9 Å². The number of hydrogen-bond donors (Lipinski definition) is 0. The third kappa shape index (κ3) is 3.19. The molecule has 4 nitrogen and oxygen atoms in total. The summed E-state index contributed by atoms with van der Waals surface area (Å²) in [6.45, 7) is 1.89. The van der Waals surface area contributed by atoms with Gasteiger partial charge in [-0.2, -0.15) is 0 Å². The van der Waals surface area contributed by atoms with Crippen molar-refractivity contribution in [3.05, 3.63) is 69.4 Å². The van der Waals surface area contributed by atoms with Crippen LogP contribution in [0.3, 0.4) is 0 Å². The summed E-state index contributed by atoms with van der Waals surface area (Å²) in [5, 5.41) is 0.628. The highest BCUT2D eigenvalue weighted by molar-refractivity contribution is 9.10. The number of amides is 1. The highest BCUT2D eigenvalue weighted by atomic mass is 79.9. The predicted molar refractivity (Wildman–Crippen MR) is 107 cm³/mol. The lowest BCUT2D eigenvalue weighted by atomic mass is 10.0. The van der Waals surface area contributed by atoms with E-state index in [4.69, 9.17) is 0 Å². The van der Waals surface area contributed by atoms with Crippen LogP contribution in [0.2, 0.25) is 0 Å². The molecule has 3 aromatic rings. The minimum atomic E-state index is -0.0106. The zero-order valence-corrected chi connectivity index (χ0v) is 15.9. The number of hydrogen-bond acceptors (Lipinski definition) is 2. The molecule has 0 N–H and O–H groups in total. The zero-order chi connectivity index (χ0) is 18.1. The first-order valence-corrected chi connectivity index (χ1v) is 9.59. The zero-order valence-electron chi connectivity index (χ0n) is 14.3. The fourth-order valence-electron chi connectivity index (χ4n) is 3.53. The van der Waals surface area contributed by atoms with Gasteiger partial charge in [0.15, 0.2) is 5.43 Å². The van der Waals surface area contributed by atoms with Gasteiger partial charge in [0, 0.05) is 34.7 Å². The summed E-state index contributed by atoms with van der Waals surface area (Å²) in [5.74, 6) is 0.103. The van der Waals surface area contributed by atoms with E-state index < -0.39 is 0 Å². The Kier molecular flexibility index (Phi) is 4.64. The maximum atomic E-state index is 13.0. The topological polar surface area (TPSA) is 42.3 Å². The molecule has 0 radical (unpaired) electrons. The van der Waals surface area contributed by atoms with Crippen LogP contribution in [0.5, 0.6) is 0 Å². The molecule has 1 fully saturated rings. The number of benzene rings is 2. The van der Waals surface area contributed by atoms with Gasteiger partial charge in [-0.15, -0.1) is 0 Å². The van der Waals surface area contributed by atoms with E-state index in [1.807, 2.05) is 64.2 Å². The summed E-state index contributed by atoms with van der Waals surface area (Å²) in [7, 11) is 0. The summed E-state index contributed by atoms with van der Waals surface area (Å²) < 4.78 is 2.80. The summed E-state index contributed by atoms with van der Waals surface area (Å²) in [4.78, 5) is 27.6. The van der Waals surface area contributed by atoms with Crippen molar-refractivity contribution >= 4 is 32.7 Å². The molecule has 0 atom stereocenters. The van der Waals surface area contributed by atoms with Crippen molar-refractivity contribution in [3.8, 4) is 11.1 Å². The molecule has 0 bridgehead atoms. The second-order valence-corrected chi connectivity index (χ2v) is 7.53. The molecule has 5 heteroatoms. The second kappa shape index (κ2) is 7.08. The first-order valence-electron chi connectivity index (χ1n) is 8.79. The predicted octanol–water partition coefficient (Wildman–Crippen LogP) is 4.05. The molecule has 2 heterocycles. The van der Waals surface area contributed by atoms with E-state index in [2.05, 4.69) is 15.9 Å². The number of nitrogens with zero attached hydrogens (tertiary/aromatic N) is 2. The van der Waals surface area contributed by atoms with Crippen LogP contribution in [0.25, 0.3) is 22.0 Å². The minimum absolute atomic E-state index is 0.0106. The number of carbonyl (C=O) groups is 1. The van der Waals surface area contributed by atoms with Crippen LogP contribution in [0, 0.1) is 0 Å². The van der Waals surface area contributed by atoms with Crippen molar-refractivity contribution in [3.63, 3.8) is 0 Å². The number of likely N-dealkylation sites (tertiary alicyclic amines) is 1. The Morgan fingerprint density at radius 2 is 1.77 bits per heavy atom. The normalized spacial score (nSPS) is 14.1. The molecule has 0 spiro atoms. The molecular formula is C21H19BrN2O2. The third-order valence-electron chi connectivity index (χ3n) is 4.89. The number of fused-ring (bicyclic) bond motifs is 1. The van der Waals surface area contributed by atoms with Gasteiger partial charge in [0.2, 0.25) is 5.91 Å². The lowest BCUT2D eigenvalue weighted by Gasteiger charge is -2.19. The Morgan fingerprint density at radius 3 is 2.50 bits per heavy atom. The van der Waals surface area contributed by atoms with Crippen molar-refractivity contribution in [1.82, 2.24) is 9.47 Å². The third-order valence-corrected chi connectivity index (χ3v) is 5.39. The highest BCUT2D eigenvalue weighted by Gasteiger charge is 2.19. The van der Waals surface area contributed by atoms with Crippen molar-refractivity contribution in [2.45, 2.75) is 19.4 Å². The molecule has 0 unspecified atom stereocenters. The molecular weight excluding hydrogens is 392 g/mol. The molecule has 26 heavy (non-hydrogen) atoms. The van der Waals surface area contributed by atoms with Gasteiger partial charge in [-0.25, -0.2) is 0 Å². The van der Waals surface area contributed by atoms with E-state index in [9.17, 15) is 9.59 Å². The van der Waals surface area contributed by atoms with Gasteiger partial charge in [0.05, 0.1) is 5.52 Å². The number of halogens is 1. The summed E-state index contributed by atoms with van der Waals surface area (Å²) in [6.07, 6.45) is 3.95. The molecule has 2 aromatic carbocycles. The largest absolute Gasteiger partial charge is 0.341 e. The summed E-state index contributed by atoms with van der Waals surface area (Å²) in [5.41, 5.74) is 2.25. The molecule has 4 rings (SSSR count). The maximum absolute atomic E-state index is 13.0. The lowest BCUT2D eigenvalue weighted by Crippen LogP contribution is -2.31. The van der Waals surface area contributed by atoms with Crippen LogP contribution in [-0.2, 0) is 11.3 Å². The van der Waals surface area contributed by atoms with Gasteiger partial charge in [-0.05, 0) is 36.6 Å². The lowest BCUT2D eigenvalue weighted by molar-refractivity contribution is -0.130. The van der Waals surface area contributed by atoms with Crippen molar-refractivity contribution in [2.24, 2.45) is 0 Å². The number of rotatable bonds is 3. The standard InChI is InChI=1S/C21H19BrN2O2/c22-16-8-9-17-19(12-16)24(14-20(25)23-10-4-5-11-23)13-18(21(17)26)15-6-2-1-3-7-15/h1-3,6-9,12-13H,4-5,10-11,14H2. The van der Waals surface area contributed by atoms with Crippen LogP contribution < -0.4 is 5.43 Å². The fourth-order valence-corrected chi connectivity index (χ4v) is 3.88. The minimum Gasteiger partial charge on any atom is -0.341 e. The molecule has 1 saturated heterocycles. The van der Waals surface area contributed by atoms with Gasteiger partial charge < -0.3 is 9.47 Å². The van der Waals surface area contributed by atoms with E-state index in [1.165, 1.54) is 0 Å². The molecule has 1 aromatic heterocycles. The van der Waals surface area contributed by atoms with E-state index in [0.29, 0.717) is 10.9 Å². The Hall–Kier alpha value is -2.40. The van der Waals surface area contributed by atoms with E-state index >= 15 is 0 Å². The smallest absolute Gasteiger partial charge is 0.242 e. The van der Waals surface area contributed by atoms with Gasteiger partial charge in [0.1, 0.15) is 6.54 Å². The first-order chi connectivity index (χ1) is 12.6. The van der Waals surface area contributed by atoms with Gasteiger partial charge in [-0.3, -0.25) is 9.59 Å². The van der Waals surface area contributed by atoms with Gasteiger partial charge in [0.25, 0.3) is 0 Å². The Labute approximate surface area is 160 Å². The Balaban J connectivity index is 1.86. The quantitative estimate of drug-likeness (QED) is 0.653. The van der Waals surface area contributed by atoms with Crippen LogP contribution in [0.4, 0.5) is 0 Å². The van der Waals surface area contributed by atoms with Crippen LogP contribution in [0.1, 0.15) is 12.8 Å². The van der Waals surface area contributed by atoms with Gasteiger partial charge >= 0.3 is 0 Å². The number of pyridine rings is 1. The molecule has 0 aliphatic carbocycles. The van der Waals surface area contributed by atoms with E-state index in [-0.39, 0.29) is 17.9 Å². The monoisotopic (exact) mass is 410 g/mol. The molecule has 1 aliphatic heterocycles. The first kappa shape index (κ1) is 17.0. The molecule has 0 saturated carbocycles. The number of aromatic nitrogens is 1. The average molecular weight is 411 g/mol. The van der Waals surface area contributed by atoms with Crippen molar-refractivity contribution < 1.29 is 4.79 Å². The SMILES string of the molecule is O=C(Cn1cc(-c2ccccc2)c(=O)c2ccc(Br)cc21)N1CCCC1. The van der Waals surface area contributed by atoms with Crippen molar-refractivity contribution in [1.29, 1.82) is 0 Å².